The molecule has 3 aliphatic rings. The normalized spacial score (nSPS) is 21.4. The Balaban J connectivity index is 1.38. The van der Waals surface area contributed by atoms with Crippen LogP contribution in [-0.4, -0.2) is 77.4 Å². The molecule has 5 rings (SSSR count). The topological polar surface area (TPSA) is 155 Å². The maximum Gasteiger partial charge on any atom is 0.407 e. The summed E-state index contributed by atoms with van der Waals surface area (Å²) >= 11 is 7.79. The number of nitrogens with one attached hydrogen (secondary N) is 4. The molecule has 12 nitrogen and oxygen atoms in total. The second kappa shape index (κ2) is 15.3. The third kappa shape index (κ3) is 9.20. The van der Waals surface area contributed by atoms with Gasteiger partial charge in [-0.15, -0.1) is 11.3 Å². The molecule has 49 heavy (non-hydrogen) atoms. The molecule has 4 N–H and O–H groups in total. The number of carbonyl (C=O) groups is 5. The Morgan fingerprint density at radius 1 is 1.14 bits per heavy atom. The van der Waals surface area contributed by atoms with Crippen molar-refractivity contribution in [3.8, 4) is 0 Å². The van der Waals surface area contributed by atoms with Crippen LogP contribution in [0.2, 0.25) is 5.02 Å². The highest BCUT2D eigenvalue weighted by atomic mass is 35.5. The lowest BCUT2D eigenvalue weighted by Crippen LogP contribution is -2.59. The Labute approximate surface area is 295 Å². The number of carbonyl (C=O) groups excluding carboxylic acids is 5. The van der Waals surface area contributed by atoms with Gasteiger partial charge in [-0.3, -0.25) is 29.5 Å². The van der Waals surface area contributed by atoms with E-state index >= 15 is 0 Å². The second-order valence-electron chi connectivity index (χ2n) is 13.9. The van der Waals surface area contributed by atoms with Gasteiger partial charge in [0.2, 0.25) is 17.6 Å². The number of hydroxylamine groups is 1. The quantitative estimate of drug-likeness (QED) is 0.226. The first-order valence-corrected chi connectivity index (χ1v) is 17.9. The second-order valence-corrected chi connectivity index (χ2v) is 15.4. The van der Waals surface area contributed by atoms with Gasteiger partial charge in [-0.2, -0.15) is 0 Å². The van der Waals surface area contributed by atoms with E-state index in [-0.39, 0.29) is 32.0 Å². The summed E-state index contributed by atoms with van der Waals surface area (Å²) in [4.78, 5) is 75.8. The lowest BCUT2D eigenvalue weighted by atomic mass is 9.85. The largest absolute Gasteiger partial charge is 0.449 e. The predicted octanol–water partition coefficient (Wildman–Crippen LogP) is 4.13. The van der Waals surface area contributed by atoms with E-state index < -0.39 is 58.7 Å². The van der Waals surface area contributed by atoms with Crippen LogP contribution in [0, 0.1) is 5.41 Å². The fourth-order valence-corrected chi connectivity index (χ4v) is 6.84. The number of amides is 4. The van der Waals surface area contributed by atoms with Gasteiger partial charge in [0, 0.05) is 34.3 Å². The summed E-state index contributed by atoms with van der Waals surface area (Å²) in [6.07, 6.45) is 4.06. The number of likely N-dealkylation sites (tertiary alicyclic amines) is 1. The summed E-state index contributed by atoms with van der Waals surface area (Å²) in [5.41, 5.74) is 2.41. The van der Waals surface area contributed by atoms with Crippen LogP contribution < -0.4 is 21.4 Å². The summed E-state index contributed by atoms with van der Waals surface area (Å²) in [6, 6.07) is 7.78. The van der Waals surface area contributed by atoms with Crippen molar-refractivity contribution in [1.29, 1.82) is 0 Å². The molecule has 0 bridgehead atoms. The van der Waals surface area contributed by atoms with Crippen LogP contribution in [0.1, 0.15) is 70.2 Å². The minimum absolute atomic E-state index is 0.0195. The van der Waals surface area contributed by atoms with E-state index in [0.29, 0.717) is 23.6 Å². The third-order valence-corrected chi connectivity index (χ3v) is 9.90. The molecule has 0 unspecified atom stereocenters. The zero-order chi connectivity index (χ0) is 35.3. The molecule has 2 aromatic rings. The van der Waals surface area contributed by atoms with Crippen molar-refractivity contribution in [3.05, 3.63) is 63.3 Å². The molecular formula is C35H44ClN5O7S. The van der Waals surface area contributed by atoms with Gasteiger partial charge in [-0.05, 0) is 54.3 Å². The van der Waals surface area contributed by atoms with Gasteiger partial charge in [0.15, 0.2) is 0 Å². The molecule has 14 heteroatoms. The van der Waals surface area contributed by atoms with Gasteiger partial charge in [0.1, 0.15) is 17.7 Å². The minimum Gasteiger partial charge on any atom is -0.449 e. The minimum atomic E-state index is -1.12. The number of thiophene rings is 1. The highest BCUT2D eigenvalue weighted by molar-refractivity contribution is 7.09. The molecule has 1 aromatic heterocycles. The monoisotopic (exact) mass is 713 g/mol. The number of nitrogens with zero attached hydrogens (tertiary/aromatic N) is 1. The zero-order valence-electron chi connectivity index (χ0n) is 28.2. The highest BCUT2D eigenvalue weighted by Gasteiger charge is 2.54. The van der Waals surface area contributed by atoms with Crippen molar-refractivity contribution in [2.45, 2.75) is 96.0 Å². The number of benzene rings is 1. The van der Waals surface area contributed by atoms with Crippen molar-refractivity contribution < 1.29 is 33.5 Å². The Kier molecular flexibility index (Phi) is 11.4. The van der Waals surface area contributed by atoms with Crippen molar-refractivity contribution >= 4 is 58.2 Å². The molecule has 0 radical (unpaired) electrons. The van der Waals surface area contributed by atoms with Crippen LogP contribution >= 0.6 is 22.9 Å². The number of ether oxygens (including phenoxy) is 1. The maximum atomic E-state index is 14.5. The average molecular weight is 714 g/mol. The Bertz CT molecular complexity index is 1590. The smallest absolute Gasteiger partial charge is 0.407 e. The summed E-state index contributed by atoms with van der Waals surface area (Å²) < 4.78 is 5.43. The van der Waals surface area contributed by atoms with E-state index in [1.807, 2.05) is 57.4 Å². The fourth-order valence-electron chi connectivity index (χ4n) is 5.96. The Hall–Kier alpha value is -3.94. The molecule has 3 heterocycles. The molecule has 1 aliphatic carbocycles. The van der Waals surface area contributed by atoms with E-state index in [1.165, 1.54) is 4.90 Å². The number of rotatable bonds is 13. The molecule has 2 fully saturated rings. The zero-order valence-corrected chi connectivity index (χ0v) is 29.7. The first-order chi connectivity index (χ1) is 23.3. The van der Waals surface area contributed by atoms with Crippen LogP contribution in [-0.2, 0) is 35.2 Å². The molecule has 4 amide bonds. The number of Topliss-reactive ketones (excluding diaryl/α,β-unsaturated/α-hetero) is 1. The van der Waals surface area contributed by atoms with Crippen molar-refractivity contribution in [1.82, 2.24) is 26.3 Å². The van der Waals surface area contributed by atoms with Crippen molar-refractivity contribution in [3.63, 3.8) is 0 Å². The molecule has 4 atom stereocenters. The van der Waals surface area contributed by atoms with Crippen LogP contribution in [0.4, 0.5) is 4.79 Å². The van der Waals surface area contributed by atoms with E-state index in [9.17, 15) is 24.0 Å². The van der Waals surface area contributed by atoms with Gasteiger partial charge in [-0.25, -0.2) is 4.79 Å². The van der Waals surface area contributed by atoms with Crippen molar-refractivity contribution in [2.75, 3.05) is 13.2 Å². The van der Waals surface area contributed by atoms with Crippen LogP contribution in [0.25, 0.3) is 5.70 Å². The van der Waals surface area contributed by atoms with Crippen LogP contribution in [0.5, 0.6) is 0 Å². The standard InChI is InChI=1S/C35H44ClN5O7S/c1-5-8-25(28(42)31(44)37-23-12-13-23)38-30(43)27-19-35(18-26(40-48-35)21-9-6-10-22(36)17-21)20-41(27)32(45)29(34(2,3)4)39-33(46)47-15-14-24-11-7-16-49-24/h6-7,9-11,16-18,23,25,27,29,40H,5,8,12-15,19-20H2,1-4H3,(H,37,44)(H,38,43)(H,39,46)/t25-,27-,29+,35+/m0/s1. The number of ketones is 1. The molecule has 1 spiro atoms. The average Bonchev–Trinajstić information content (AvgIpc) is 3.40. The molecule has 1 aromatic carbocycles. The van der Waals surface area contributed by atoms with Gasteiger partial charge < -0.3 is 25.6 Å². The Morgan fingerprint density at radius 3 is 2.57 bits per heavy atom. The van der Waals surface area contributed by atoms with E-state index in [0.717, 1.165) is 23.3 Å². The SMILES string of the molecule is CCC[C@H](NC(=O)[C@@H]1C[C@]2(C=C(c3cccc(Cl)c3)NO2)CN1C(=O)[C@@H](NC(=O)OCCc1cccs1)C(C)(C)C)C(=O)C(=O)NC1CC1. The molecular weight excluding hydrogens is 670 g/mol. The molecule has 2 aliphatic heterocycles. The summed E-state index contributed by atoms with van der Waals surface area (Å²) in [5.74, 6) is -2.58. The number of alkyl carbamates (subject to hydrolysis) is 1. The first-order valence-electron chi connectivity index (χ1n) is 16.6. The summed E-state index contributed by atoms with van der Waals surface area (Å²) in [7, 11) is 0. The van der Waals surface area contributed by atoms with Gasteiger partial charge in [-0.1, -0.05) is 63.9 Å². The number of halogens is 1. The van der Waals surface area contributed by atoms with E-state index in [4.69, 9.17) is 21.2 Å². The Morgan fingerprint density at radius 2 is 1.92 bits per heavy atom. The molecule has 264 valence electrons. The van der Waals surface area contributed by atoms with E-state index in [2.05, 4.69) is 21.4 Å². The summed E-state index contributed by atoms with van der Waals surface area (Å²) in [5, 5.41) is 10.7. The van der Waals surface area contributed by atoms with Crippen molar-refractivity contribution in [2.24, 2.45) is 5.41 Å². The lowest BCUT2D eigenvalue weighted by molar-refractivity contribution is -0.144. The molecule has 1 saturated heterocycles. The molecule has 1 saturated carbocycles. The summed E-state index contributed by atoms with van der Waals surface area (Å²) in [6.45, 7) is 7.38. The number of hydrogen-bond acceptors (Lipinski definition) is 9. The third-order valence-electron chi connectivity index (χ3n) is 8.73. The van der Waals surface area contributed by atoms with Gasteiger partial charge >= 0.3 is 6.09 Å². The maximum absolute atomic E-state index is 14.5. The lowest BCUT2D eigenvalue weighted by Gasteiger charge is -2.35. The van der Waals surface area contributed by atoms with Gasteiger partial charge in [0.05, 0.1) is 24.9 Å². The van der Waals surface area contributed by atoms with Crippen LogP contribution in [0.3, 0.4) is 0 Å². The fraction of sp³-hybridized carbons (Fsp3) is 0.514. The predicted molar refractivity (Wildman–Crippen MR) is 185 cm³/mol. The van der Waals surface area contributed by atoms with E-state index in [1.54, 1.807) is 29.5 Å². The van der Waals surface area contributed by atoms with Crippen LogP contribution in [0.15, 0.2) is 47.9 Å². The van der Waals surface area contributed by atoms with Gasteiger partial charge in [0.25, 0.3) is 5.91 Å². The number of hydrogen-bond donors (Lipinski definition) is 4. The first kappa shape index (κ1) is 36.3. The highest BCUT2D eigenvalue weighted by Crippen LogP contribution is 2.39.